The lowest BCUT2D eigenvalue weighted by Crippen LogP contribution is -2.05. The highest BCUT2D eigenvalue weighted by Gasteiger charge is 2.32. The Labute approximate surface area is 85.7 Å². The smallest absolute Gasteiger partial charge is 0.166 e. The zero-order chi connectivity index (χ0) is 10.8. The van der Waals surface area contributed by atoms with Crippen molar-refractivity contribution in [2.45, 2.75) is 19.0 Å². The summed E-state index contributed by atoms with van der Waals surface area (Å²) in [6, 6.07) is 3.78. The van der Waals surface area contributed by atoms with Gasteiger partial charge in [0.2, 0.25) is 0 Å². The number of rotatable bonds is 2. The third-order valence-electron chi connectivity index (χ3n) is 1.80. The molecule has 0 bridgehead atoms. The van der Waals surface area contributed by atoms with Crippen molar-refractivity contribution >= 4 is 11.6 Å². The zero-order valence-corrected chi connectivity index (χ0v) is 8.12. The van der Waals surface area contributed by atoms with E-state index in [0.29, 0.717) is 12.8 Å². The monoisotopic (exact) mass is 221 g/mol. The molecular weight excluding hydrogens is 213 g/mol. The highest BCUT2D eigenvalue weighted by molar-refractivity contribution is 6.31. The Balaban J connectivity index is 3.02. The Bertz CT molecular complexity index is 318. The van der Waals surface area contributed by atoms with E-state index in [1.54, 1.807) is 0 Å². The summed E-state index contributed by atoms with van der Waals surface area (Å²) in [5, 5.41) is -0.247. The second-order valence-corrected chi connectivity index (χ2v) is 3.32. The van der Waals surface area contributed by atoms with Gasteiger partial charge in [0.15, 0.2) is 0 Å². The lowest BCUT2D eigenvalue weighted by Gasteiger charge is -2.09. The molecule has 1 rings (SSSR count). The third-order valence-corrected chi connectivity index (χ3v) is 2.12. The van der Waals surface area contributed by atoms with Crippen molar-refractivity contribution in [2.24, 2.45) is 0 Å². The SMILES string of the molecule is [CH2]CCc1ccc(C(F)(F)F)c(Cl)c1. The molecule has 0 unspecified atom stereocenters. The van der Waals surface area contributed by atoms with Crippen molar-refractivity contribution in [1.82, 2.24) is 0 Å². The van der Waals surface area contributed by atoms with Crippen LogP contribution in [0.15, 0.2) is 18.2 Å². The van der Waals surface area contributed by atoms with Crippen molar-refractivity contribution in [3.05, 3.63) is 41.3 Å². The average Bonchev–Trinajstić information content (AvgIpc) is 2.02. The number of hydrogen-bond acceptors (Lipinski definition) is 0. The minimum Gasteiger partial charge on any atom is -0.166 e. The minimum atomic E-state index is -4.37. The Hall–Kier alpha value is -0.700. The first kappa shape index (κ1) is 11.4. The van der Waals surface area contributed by atoms with E-state index in [9.17, 15) is 13.2 Å². The maximum absolute atomic E-state index is 12.3. The molecule has 0 aliphatic rings. The van der Waals surface area contributed by atoms with Gasteiger partial charge in [0, 0.05) is 0 Å². The van der Waals surface area contributed by atoms with Crippen LogP contribution in [0.2, 0.25) is 5.02 Å². The van der Waals surface area contributed by atoms with E-state index in [2.05, 4.69) is 6.92 Å². The predicted octanol–water partition coefficient (Wildman–Crippen LogP) is 4.13. The zero-order valence-electron chi connectivity index (χ0n) is 7.37. The molecule has 77 valence electrons. The second-order valence-electron chi connectivity index (χ2n) is 2.92. The van der Waals surface area contributed by atoms with Crippen LogP contribution in [-0.4, -0.2) is 0 Å². The van der Waals surface area contributed by atoms with Gasteiger partial charge in [-0.05, 0) is 30.5 Å². The molecule has 0 spiro atoms. The number of alkyl halides is 3. The van der Waals surface area contributed by atoms with Crippen LogP contribution in [0.5, 0.6) is 0 Å². The summed E-state index contributed by atoms with van der Waals surface area (Å²) in [6.45, 7) is 3.62. The van der Waals surface area contributed by atoms with Crippen molar-refractivity contribution in [3.63, 3.8) is 0 Å². The molecule has 0 aliphatic heterocycles. The van der Waals surface area contributed by atoms with E-state index in [-0.39, 0.29) is 5.02 Å². The molecule has 0 fully saturated rings. The van der Waals surface area contributed by atoms with Crippen molar-refractivity contribution in [1.29, 1.82) is 0 Å². The summed E-state index contributed by atoms with van der Waals surface area (Å²) >= 11 is 5.51. The van der Waals surface area contributed by atoms with E-state index in [0.717, 1.165) is 11.6 Å². The molecule has 0 saturated heterocycles. The maximum atomic E-state index is 12.3. The first-order valence-electron chi connectivity index (χ1n) is 4.10. The molecule has 1 aromatic rings. The molecule has 1 aromatic carbocycles. The van der Waals surface area contributed by atoms with Crippen LogP contribution < -0.4 is 0 Å². The van der Waals surface area contributed by atoms with Gasteiger partial charge in [0.25, 0.3) is 0 Å². The minimum absolute atomic E-state index is 0.247. The van der Waals surface area contributed by atoms with Gasteiger partial charge in [-0.2, -0.15) is 13.2 Å². The summed E-state index contributed by atoms with van der Waals surface area (Å²) in [4.78, 5) is 0. The van der Waals surface area contributed by atoms with Crippen LogP contribution in [0.4, 0.5) is 13.2 Å². The summed E-state index contributed by atoms with van der Waals surface area (Å²) in [5.41, 5.74) is -0.00928. The highest BCUT2D eigenvalue weighted by atomic mass is 35.5. The Morgan fingerprint density at radius 1 is 1.29 bits per heavy atom. The van der Waals surface area contributed by atoms with Crippen molar-refractivity contribution < 1.29 is 13.2 Å². The van der Waals surface area contributed by atoms with Crippen LogP contribution in [0.25, 0.3) is 0 Å². The highest BCUT2D eigenvalue weighted by Crippen LogP contribution is 2.34. The fraction of sp³-hybridized carbons (Fsp3) is 0.300. The number of halogens is 4. The van der Waals surface area contributed by atoms with Gasteiger partial charge in [0.05, 0.1) is 10.6 Å². The number of aryl methyl sites for hydroxylation is 1. The van der Waals surface area contributed by atoms with Crippen LogP contribution in [-0.2, 0) is 12.6 Å². The molecule has 0 saturated carbocycles. The first-order valence-corrected chi connectivity index (χ1v) is 4.48. The quantitative estimate of drug-likeness (QED) is 0.705. The fourth-order valence-electron chi connectivity index (χ4n) is 1.15. The lowest BCUT2D eigenvalue weighted by molar-refractivity contribution is -0.137. The Kier molecular flexibility index (Phi) is 3.43. The molecule has 0 N–H and O–H groups in total. The molecule has 0 nitrogen and oxygen atoms in total. The van der Waals surface area contributed by atoms with E-state index in [1.165, 1.54) is 12.1 Å². The molecule has 0 aromatic heterocycles. The van der Waals surface area contributed by atoms with Gasteiger partial charge >= 0.3 is 6.18 Å². The summed E-state index contributed by atoms with van der Waals surface area (Å²) < 4.78 is 36.8. The maximum Gasteiger partial charge on any atom is 0.417 e. The van der Waals surface area contributed by atoms with Gasteiger partial charge in [-0.1, -0.05) is 24.6 Å². The third kappa shape index (κ3) is 2.64. The molecule has 4 heteroatoms. The molecule has 0 aliphatic carbocycles. The molecule has 14 heavy (non-hydrogen) atoms. The predicted molar refractivity (Wildman–Crippen MR) is 50.1 cm³/mol. The van der Waals surface area contributed by atoms with Crippen LogP contribution in [0.1, 0.15) is 17.5 Å². The van der Waals surface area contributed by atoms with Crippen LogP contribution >= 0.6 is 11.6 Å². The number of benzene rings is 1. The largest absolute Gasteiger partial charge is 0.417 e. The standard InChI is InChI=1S/C10H9ClF3/c1-2-3-7-4-5-8(9(11)6-7)10(12,13)14/h4-6H,1-3H2. The first-order chi connectivity index (χ1) is 6.45. The Morgan fingerprint density at radius 2 is 1.93 bits per heavy atom. The van der Waals surface area contributed by atoms with Gasteiger partial charge in [-0.3, -0.25) is 0 Å². The van der Waals surface area contributed by atoms with Gasteiger partial charge < -0.3 is 0 Å². The molecule has 0 atom stereocenters. The summed E-state index contributed by atoms with van der Waals surface area (Å²) in [7, 11) is 0. The van der Waals surface area contributed by atoms with Crippen molar-refractivity contribution in [2.75, 3.05) is 0 Å². The topological polar surface area (TPSA) is 0 Å². The fourth-order valence-corrected chi connectivity index (χ4v) is 1.46. The van der Waals surface area contributed by atoms with Gasteiger partial charge in [-0.25, -0.2) is 0 Å². The second kappa shape index (κ2) is 4.22. The molecular formula is C10H9ClF3. The average molecular weight is 222 g/mol. The van der Waals surface area contributed by atoms with Gasteiger partial charge in [-0.15, -0.1) is 0 Å². The Morgan fingerprint density at radius 3 is 2.36 bits per heavy atom. The number of hydrogen-bond donors (Lipinski definition) is 0. The molecule has 0 heterocycles. The molecule has 0 amide bonds. The summed E-state index contributed by atoms with van der Waals surface area (Å²) in [6.07, 6.45) is -3.10. The van der Waals surface area contributed by atoms with Crippen molar-refractivity contribution in [3.8, 4) is 0 Å². The lowest BCUT2D eigenvalue weighted by atomic mass is 10.1. The normalized spacial score (nSPS) is 11.8. The molecule has 1 radical (unpaired) electrons. The van der Waals surface area contributed by atoms with Crippen LogP contribution in [0, 0.1) is 6.92 Å². The van der Waals surface area contributed by atoms with E-state index < -0.39 is 11.7 Å². The van der Waals surface area contributed by atoms with Crippen LogP contribution in [0.3, 0.4) is 0 Å². The van der Waals surface area contributed by atoms with E-state index >= 15 is 0 Å². The van der Waals surface area contributed by atoms with E-state index in [4.69, 9.17) is 11.6 Å². The summed E-state index contributed by atoms with van der Waals surface area (Å²) in [5.74, 6) is 0. The van der Waals surface area contributed by atoms with Gasteiger partial charge in [0.1, 0.15) is 0 Å². The van der Waals surface area contributed by atoms with E-state index in [1.807, 2.05) is 0 Å².